The first kappa shape index (κ1) is 32.2. The topological polar surface area (TPSA) is 97.6 Å². The van der Waals surface area contributed by atoms with Crippen molar-refractivity contribution in [3.05, 3.63) is 112 Å². The molecule has 4 aromatic rings. The summed E-state index contributed by atoms with van der Waals surface area (Å²) in [6.45, 7) is 3.82. The molecule has 1 aliphatic heterocycles. The average Bonchev–Trinajstić information content (AvgIpc) is 3.33. The first-order chi connectivity index (χ1) is 21.7. The Kier molecular flexibility index (Phi) is 9.86. The zero-order chi connectivity index (χ0) is 32.2. The highest BCUT2D eigenvalue weighted by atomic mass is 35.5. The number of rotatable bonds is 10. The molecule has 0 aliphatic carbocycles. The van der Waals surface area contributed by atoms with Crippen LogP contribution in [0.3, 0.4) is 0 Å². The lowest BCUT2D eigenvalue weighted by Crippen LogP contribution is -2.40. The number of hydrogen-bond acceptors (Lipinski definition) is 9. The number of ether oxygens (including phenoxy) is 5. The summed E-state index contributed by atoms with van der Waals surface area (Å²) < 4.78 is 30.0. The minimum Gasteiger partial charge on any atom is -0.497 e. The lowest BCUT2D eigenvalue weighted by atomic mass is 9.94. The van der Waals surface area contributed by atoms with E-state index in [0.717, 1.165) is 5.56 Å². The molecule has 1 aliphatic rings. The van der Waals surface area contributed by atoms with Crippen LogP contribution in [0.25, 0.3) is 6.08 Å². The van der Waals surface area contributed by atoms with Crippen LogP contribution in [-0.4, -0.2) is 38.5 Å². The van der Waals surface area contributed by atoms with E-state index in [0.29, 0.717) is 59.2 Å². The van der Waals surface area contributed by atoms with Gasteiger partial charge in [0.15, 0.2) is 16.3 Å². The van der Waals surface area contributed by atoms with Crippen LogP contribution < -0.4 is 33.8 Å². The molecular formula is C33H30Cl2N2O7S. The minimum absolute atomic E-state index is 0.163. The SMILES string of the molecule is CCOC(=O)C1=C(C)N=c2s/c(=C\c3ccc(OCc4ccc(Cl)cc4Cl)c(OC)c3)c(=O)n2[C@H]1c1cc(OC)ccc1OC. The van der Waals surface area contributed by atoms with Crippen LogP contribution in [0.2, 0.25) is 10.0 Å². The number of carbonyl (C=O) groups is 1. The number of benzene rings is 3. The van der Waals surface area contributed by atoms with Crippen molar-refractivity contribution in [1.82, 2.24) is 4.57 Å². The second-order valence-corrected chi connectivity index (χ2v) is 11.7. The van der Waals surface area contributed by atoms with Crippen molar-refractivity contribution in [3.8, 4) is 23.0 Å². The fourth-order valence-electron chi connectivity index (χ4n) is 4.98. The lowest BCUT2D eigenvalue weighted by Gasteiger charge is -2.26. The zero-order valence-electron chi connectivity index (χ0n) is 25.2. The van der Waals surface area contributed by atoms with Gasteiger partial charge in [0.25, 0.3) is 5.56 Å². The Morgan fingerprint density at radius 3 is 2.42 bits per heavy atom. The predicted octanol–water partition coefficient (Wildman–Crippen LogP) is 5.71. The quantitative estimate of drug-likeness (QED) is 0.200. The molecular weight excluding hydrogens is 639 g/mol. The molecule has 0 spiro atoms. The standard InChI is InChI=1S/C33H30Cl2N2O7S/c1-6-43-32(39)29-18(2)36-33-37(30(29)23-16-22(40-3)10-12-25(23)41-4)31(38)28(45-33)14-19-7-11-26(27(13-19)42-5)44-17-20-8-9-21(34)15-24(20)35/h7-16,30H,6,17H2,1-5H3/b28-14-/t30-/m0/s1. The predicted molar refractivity (Wildman–Crippen MR) is 174 cm³/mol. The van der Waals surface area contributed by atoms with Gasteiger partial charge < -0.3 is 23.7 Å². The molecule has 0 unspecified atom stereocenters. The Balaban J connectivity index is 1.58. The zero-order valence-corrected chi connectivity index (χ0v) is 27.5. The van der Waals surface area contributed by atoms with Crippen molar-refractivity contribution >= 4 is 46.6 Å². The van der Waals surface area contributed by atoms with Gasteiger partial charge in [0, 0.05) is 21.2 Å². The molecule has 0 radical (unpaired) electrons. The maximum Gasteiger partial charge on any atom is 0.338 e. The summed E-state index contributed by atoms with van der Waals surface area (Å²) in [6, 6.07) is 14.9. The number of allylic oxidation sites excluding steroid dienone is 1. The Morgan fingerprint density at radius 1 is 0.978 bits per heavy atom. The van der Waals surface area contributed by atoms with Crippen molar-refractivity contribution in [3.63, 3.8) is 0 Å². The molecule has 0 N–H and O–H groups in total. The maximum atomic E-state index is 14.1. The second-order valence-electron chi connectivity index (χ2n) is 9.84. The number of thiazole rings is 1. The molecule has 0 amide bonds. The van der Waals surface area contributed by atoms with Crippen LogP contribution in [0, 0.1) is 0 Å². The first-order valence-electron chi connectivity index (χ1n) is 13.8. The number of methoxy groups -OCH3 is 3. The molecule has 0 saturated carbocycles. The molecule has 5 rings (SSSR count). The highest BCUT2D eigenvalue weighted by molar-refractivity contribution is 7.07. The van der Waals surface area contributed by atoms with E-state index in [1.807, 2.05) is 6.07 Å². The van der Waals surface area contributed by atoms with Gasteiger partial charge in [0.2, 0.25) is 0 Å². The number of fused-ring (bicyclic) bond motifs is 1. The van der Waals surface area contributed by atoms with E-state index >= 15 is 0 Å². The van der Waals surface area contributed by atoms with Crippen LogP contribution in [-0.2, 0) is 16.1 Å². The van der Waals surface area contributed by atoms with E-state index in [4.69, 9.17) is 46.9 Å². The number of aromatic nitrogens is 1. The smallest absolute Gasteiger partial charge is 0.338 e. The highest BCUT2D eigenvalue weighted by Gasteiger charge is 2.35. The maximum absolute atomic E-state index is 14.1. The molecule has 1 aromatic heterocycles. The number of carbonyl (C=O) groups excluding carboxylic acids is 1. The van der Waals surface area contributed by atoms with Crippen molar-refractivity contribution in [2.45, 2.75) is 26.5 Å². The second kappa shape index (κ2) is 13.8. The monoisotopic (exact) mass is 668 g/mol. The molecule has 0 bridgehead atoms. The van der Waals surface area contributed by atoms with Gasteiger partial charge in [-0.3, -0.25) is 9.36 Å². The van der Waals surface area contributed by atoms with Gasteiger partial charge in [0.1, 0.15) is 24.1 Å². The summed E-state index contributed by atoms with van der Waals surface area (Å²) in [6.07, 6.45) is 1.75. The third-order valence-corrected chi connectivity index (χ3v) is 8.70. The highest BCUT2D eigenvalue weighted by Crippen LogP contribution is 2.38. The summed E-state index contributed by atoms with van der Waals surface area (Å²) in [7, 11) is 4.61. The van der Waals surface area contributed by atoms with Gasteiger partial charge in [-0.1, -0.05) is 46.7 Å². The summed E-state index contributed by atoms with van der Waals surface area (Å²) in [4.78, 5) is 32.4. The molecule has 45 heavy (non-hydrogen) atoms. The van der Waals surface area contributed by atoms with E-state index in [2.05, 4.69) is 4.99 Å². The number of nitrogens with zero attached hydrogens (tertiary/aromatic N) is 2. The molecule has 0 fully saturated rings. The fraction of sp³-hybridized carbons (Fsp3) is 0.242. The van der Waals surface area contributed by atoms with Crippen LogP contribution in [0.15, 0.2) is 75.7 Å². The van der Waals surface area contributed by atoms with Crippen molar-refractivity contribution in [1.29, 1.82) is 0 Å². The Labute approximate surface area is 273 Å². The molecule has 1 atom stereocenters. The number of hydrogen-bond donors (Lipinski definition) is 0. The Hall–Kier alpha value is -4.25. The van der Waals surface area contributed by atoms with E-state index in [9.17, 15) is 9.59 Å². The van der Waals surface area contributed by atoms with Crippen LogP contribution in [0.5, 0.6) is 23.0 Å². The van der Waals surface area contributed by atoms with Crippen LogP contribution in [0.1, 0.15) is 36.6 Å². The summed E-state index contributed by atoms with van der Waals surface area (Å²) in [5.74, 6) is 1.43. The van der Waals surface area contributed by atoms with E-state index in [-0.39, 0.29) is 24.3 Å². The fourth-order valence-corrected chi connectivity index (χ4v) is 6.49. The normalized spacial score (nSPS) is 14.5. The minimum atomic E-state index is -0.863. The summed E-state index contributed by atoms with van der Waals surface area (Å²) >= 11 is 13.5. The third kappa shape index (κ3) is 6.58. The van der Waals surface area contributed by atoms with Crippen molar-refractivity contribution in [2.24, 2.45) is 4.99 Å². The van der Waals surface area contributed by atoms with Gasteiger partial charge >= 0.3 is 5.97 Å². The Morgan fingerprint density at radius 2 is 1.73 bits per heavy atom. The largest absolute Gasteiger partial charge is 0.497 e. The summed E-state index contributed by atoms with van der Waals surface area (Å²) in [5, 5.41) is 1.04. The molecule has 0 saturated heterocycles. The molecule has 2 heterocycles. The van der Waals surface area contributed by atoms with Gasteiger partial charge in [0.05, 0.1) is 43.7 Å². The summed E-state index contributed by atoms with van der Waals surface area (Å²) in [5.41, 5.74) is 2.38. The van der Waals surface area contributed by atoms with Crippen molar-refractivity contribution < 1.29 is 28.5 Å². The lowest BCUT2D eigenvalue weighted by molar-refractivity contribution is -0.139. The van der Waals surface area contributed by atoms with Gasteiger partial charge in [-0.25, -0.2) is 9.79 Å². The first-order valence-corrected chi connectivity index (χ1v) is 15.4. The van der Waals surface area contributed by atoms with Crippen molar-refractivity contribution in [2.75, 3.05) is 27.9 Å². The van der Waals surface area contributed by atoms with Gasteiger partial charge in [-0.05, 0) is 68.0 Å². The van der Waals surface area contributed by atoms with E-state index < -0.39 is 12.0 Å². The molecule has 3 aromatic carbocycles. The molecule has 9 nitrogen and oxygen atoms in total. The van der Waals surface area contributed by atoms with Gasteiger partial charge in [-0.15, -0.1) is 0 Å². The van der Waals surface area contributed by atoms with Crippen LogP contribution in [0.4, 0.5) is 0 Å². The Bertz CT molecular complexity index is 1980. The van der Waals surface area contributed by atoms with Gasteiger partial charge in [-0.2, -0.15) is 0 Å². The third-order valence-electron chi connectivity index (χ3n) is 7.13. The average molecular weight is 670 g/mol. The number of halogens is 2. The van der Waals surface area contributed by atoms with Crippen LogP contribution >= 0.6 is 34.5 Å². The van der Waals surface area contributed by atoms with E-state index in [1.54, 1.807) is 75.6 Å². The molecule has 234 valence electrons. The number of esters is 1. The van der Waals surface area contributed by atoms with E-state index in [1.165, 1.54) is 30.1 Å². The molecule has 12 heteroatoms.